The van der Waals surface area contributed by atoms with E-state index in [0.29, 0.717) is 22.9 Å². The summed E-state index contributed by atoms with van der Waals surface area (Å²) in [5.74, 6) is 0.467. The number of thiocarbonyl (C=S) groups is 1. The number of carbonyl (C=O) groups is 1. The van der Waals surface area contributed by atoms with Crippen molar-refractivity contribution in [1.29, 1.82) is 0 Å². The average molecular weight is 315 g/mol. The minimum Gasteiger partial charge on any atom is -0.495 e. The van der Waals surface area contributed by atoms with Gasteiger partial charge in [0.25, 0.3) is 0 Å². The predicted octanol–water partition coefficient (Wildman–Crippen LogP) is 3.60. The van der Waals surface area contributed by atoms with Gasteiger partial charge in [-0.3, -0.25) is 4.79 Å². The number of halogens is 1. The number of rotatable bonds is 3. The van der Waals surface area contributed by atoms with Gasteiger partial charge in [-0.15, -0.1) is 0 Å². The van der Waals surface area contributed by atoms with E-state index in [1.54, 1.807) is 25.3 Å². The van der Waals surface area contributed by atoms with E-state index in [9.17, 15) is 4.79 Å². The number of nitrogens with one attached hydrogen (secondary N) is 2. The van der Waals surface area contributed by atoms with Crippen LogP contribution in [0.4, 0.5) is 5.69 Å². The van der Waals surface area contributed by atoms with Crippen LogP contribution < -0.4 is 15.4 Å². The molecule has 6 heteroatoms. The van der Waals surface area contributed by atoms with Gasteiger partial charge in [-0.1, -0.05) is 32.4 Å². The van der Waals surface area contributed by atoms with E-state index >= 15 is 0 Å². The molecular formula is C14H19ClN2O2S. The van der Waals surface area contributed by atoms with E-state index in [1.807, 2.05) is 20.8 Å². The molecule has 0 aliphatic rings. The Labute approximate surface area is 129 Å². The van der Waals surface area contributed by atoms with Crippen LogP contribution in [-0.4, -0.2) is 18.1 Å². The number of benzene rings is 1. The summed E-state index contributed by atoms with van der Waals surface area (Å²) in [5, 5.41) is 6.27. The second-order valence-corrected chi connectivity index (χ2v) is 6.40. The highest BCUT2D eigenvalue weighted by Crippen LogP contribution is 2.27. The molecule has 110 valence electrons. The molecule has 0 atom stereocenters. The van der Waals surface area contributed by atoms with Gasteiger partial charge in [0.05, 0.1) is 12.1 Å². The summed E-state index contributed by atoms with van der Waals surface area (Å²) in [6, 6.07) is 5.18. The lowest BCUT2D eigenvalue weighted by Gasteiger charge is -2.18. The predicted molar refractivity (Wildman–Crippen MR) is 86.4 cm³/mol. The van der Waals surface area contributed by atoms with Gasteiger partial charge < -0.3 is 15.4 Å². The molecule has 0 spiro atoms. The molecule has 0 fully saturated rings. The first-order valence-electron chi connectivity index (χ1n) is 6.15. The first kappa shape index (κ1) is 16.7. The molecule has 1 rings (SSSR count). The number of methoxy groups -OCH3 is 1. The fourth-order valence-electron chi connectivity index (χ4n) is 1.56. The molecule has 0 saturated heterocycles. The molecule has 0 saturated carbocycles. The largest absolute Gasteiger partial charge is 0.495 e. The van der Waals surface area contributed by atoms with Crippen LogP contribution in [0.5, 0.6) is 5.75 Å². The maximum absolute atomic E-state index is 11.7. The quantitative estimate of drug-likeness (QED) is 0.837. The van der Waals surface area contributed by atoms with Crippen molar-refractivity contribution in [1.82, 2.24) is 5.32 Å². The van der Waals surface area contributed by atoms with Crippen molar-refractivity contribution < 1.29 is 9.53 Å². The molecular weight excluding hydrogens is 296 g/mol. The van der Waals surface area contributed by atoms with Crippen LogP contribution in [0.15, 0.2) is 18.2 Å². The van der Waals surface area contributed by atoms with Crippen LogP contribution in [0.1, 0.15) is 27.2 Å². The fourth-order valence-corrected chi connectivity index (χ4v) is 2.05. The van der Waals surface area contributed by atoms with Crippen molar-refractivity contribution in [3.63, 3.8) is 0 Å². The Morgan fingerprint density at radius 2 is 2.05 bits per heavy atom. The third-order valence-electron chi connectivity index (χ3n) is 2.35. The molecule has 1 aromatic carbocycles. The van der Waals surface area contributed by atoms with E-state index in [0.717, 1.165) is 0 Å². The van der Waals surface area contributed by atoms with Crippen LogP contribution >= 0.6 is 23.8 Å². The lowest BCUT2D eigenvalue weighted by molar-refractivity contribution is -0.121. The maximum atomic E-state index is 11.7. The summed E-state index contributed by atoms with van der Waals surface area (Å²) in [4.78, 5) is 11.7. The van der Waals surface area contributed by atoms with Crippen molar-refractivity contribution in [2.45, 2.75) is 27.2 Å². The monoisotopic (exact) mass is 314 g/mol. The number of carbonyl (C=O) groups excluding carboxylic acids is 1. The Morgan fingerprint density at radius 1 is 1.40 bits per heavy atom. The van der Waals surface area contributed by atoms with Crippen molar-refractivity contribution in [2.75, 3.05) is 12.4 Å². The van der Waals surface area contributed by atoms with Crippen molar-refractivity contribution in [3.05, 3.63) is 23.2 Å². The molecule has 1 amide bonds. The number of ether oxygens (including phenoxy) is 1. The highest BCUT2D eigenvalue weighted by Gasteiger charge is 2.16. The van der Waals surface area contributed by atoms with E-state index in [4.69, 9.17) is 28.6 Å². The topological polar surface area (TPSA) is 50.4 Å². The zero-order valence-corrected chi connectivity index (χ0v) is 13.6. The van der Waals surface area contributed by atoms with Gasteiger partial charge in [-0.25, -0.2) is 0 Å². The summed E-state index contributed by atoms with van der Waals surface area (Å²) in [6.45, 7) is 5.98. The van der Waals surface area contributed by atoms with Gasteiger partial charge in [0, 0.05) is 12.1 Å². The van der Waals surface area contributed by atoms with E-state index < -0.39 is 0 Å². The van der Waals surface area contributed by atoms with Crippen LogP contribution in [0.2, 0.25) is 5.02 Å². The summed E-state index contributed by atoms with van der Waals surface area (Å²) in [7, 11) is 1.55. The van der Waals surface area contributed by atoms with Gasteiger partial charge in [-0.2, -0.15) is 0 Å². The smallest absolute Gasteiger partial charge is 0.226 e. The Morgan fingerprint density at radius 3 is 2.55 bits per heavy atom. The third kappa shape index (κ3) is 5.75. The Hall–Kier alpha value is -1.33. The lowest BCUT2D eigenvalue weighted by atomic mass is 9.92. The molecule has 2 N–H and O–H groups in total. The van der Waals surface area contributed by atoms with E-state index in [-0.39, 0.29) is 16.4 Å². The normalized spacial score (nSPS) is 10.8. The molecule has 1 aromatic rings. The number of amides is 1. The standard InChI is InChI=1S/C14H19ClN2O2S/c1-14(2,3)8-12(18)17-13(20)16-9-5-6-11(19-4)10(15)7-9/h5-7H,8H2,1-4H3,(H2,16,17,18,20). The summed E-state index contributed by atoms with van der Waals surface area (Å²) >= 11 is 11.1. The van der Waals surface area contributed by atoms with Crippen molar-refractivity contribution in [3.8, 4) is 5.75 Å². The molecule has 0 heterocycles. The molecule has 0 aliphatic carbocycles. The van der Waals surface area contributed by atoms with Crippen LogP contribution in [0.3, 0.4) is 0 Å². The fraction of sp³-hybridized carbons (Fsp3) is 0.429. The minimum absolute atomic E-state index is 0.0802. The van der Waals surface area contributed by atoms with Gasteiger partial charge in [0.15, 0.2) is 5.11 Å². The summed E-state index contributed by atoms with van der Waals surface area (Å²) < 4.78 is 5.06. The Kier molecular flexibility index (Phi) is 5.77. The Balaban J connectivity index is 2.58. The number of hydrogen-bond donors (Lipinski definition) is 2. The first-order chi connectivity index (χ1) is 9.21. The molecule has 0 radical (unpaired) electrons. The van der Waals surface area contributed by atoms with Gasteiger partial charge >= 0.3 is 0 Å². The molecule has 20 heavy (non-hydrogen) atoms. The number of anilines is 1. The van der Waals surface area contributed by atoms with E-state index in [2.05, 4.69) is 10.6 Å². The Bertz CT molecular complexity index is 512. The van der Waals surface area contributed by atoms with Gasteiger partial charge in [0.2, 0.25) is 5.91 Å². The van der Waals surface area contributed by atoms with Crippen LogP contribution in [-0.2, 0) is 4.79 Å². The molecule has 0 aromatic heterocycles. The summed E-state index contributed by atoms with van der Waals surface area (Å²) in [6.07, 6.45) is 0.401. The zero-order chi connectivity index (χ0) is 15.3. The lowest BCUT2D eigenvalue weighted by Crippen LogP contribution is -2.36. The van der Waals surface area contributed by atoms with Crippen molar-refractivity contribution in [2.24, 2.45) is 5.41 Å². The molecule has 4 nitrogen and oxygen atoms in total. The molecule has 0 unspecified atom stereocenters. The molecule has 0 bridgehead atoms. The average Bonchev–Trinajstić information content (AvgIpc) is 2.25. The highest BCUT2D eigenvalue weighted by atomic mass is 35.5. The summed E-state index contributed by atoms with van der Waals surface area (Å²) in [5.41, 5.74) is 0.611. The molecule has 0 aliphatic heterocycles. The van der Waals surface area contributed by atoms with Crippen LogP contribution in [0, 0.1) is 5.41 Å². The van der Waals surface area contributed by atoms with Crippen LogP contribution in [0.25, 0.3) is 0 Å². The second kappa shape index (κ2) is 6.90. The minimum atomic E-state index is -0.116. The van der Waals surface area contributed by atoms with E-state index in [1.165, 1.54) is 0 Å². The zero-order valence-electron chi connectivity index (χ0n) is 12.0. The number of hydrogen-bond acceptors (Lipinski definition) is 3. The first-order valence-corrected chi connectivity index (χ1v) is 6.94. The van der Waals surface area contributed by atoms with Gasteiger partial charge in [0.1, 0.15) is 5.75 Å². The SMILES string of the molecule is COc1ccc(NC(=S)NC(=O)CC(C)(C)C)cc1Cl. The third-order valence-corrected chi connectivity index (χ3v) is 2.85. The second-order valence-electron chi connectivity index (χ2n) is 5.59. The maximum Gasteiger partial charge on any atom is 0.226 e. The van der Waals surface area contributed by atoms with Crippen molar-refractivity contribution >= 4 is 40.5 Å². The van der Waals surface area contributed by atoms with Gasteiger partial charge in [-0.05, 0) is 35.8 Å². The highest BCUT2D eigenvalue weighted by molar-refractivity contribution is 7.80.